The molecule has 1 fully saturated rings. The van der Waals surface area contributed by atoms with Crippen LogP contribution in [-0.4, -0.2) is 23.1 Å². The number of anilines is 2. The first kappa shape index (κ1) is 16.8. The minimum Gasteiger partial charge on any atom is -0.348 e. The van der Waals surface area contributed by atoms with Gasteiger partial charge in [-0.1, -0.05) is 30.3 Å². The lowest BCUT2D eigenvalue weighted by Gasteiger charge is -2.12. The molecule has 0 spiro atoms. The first-order valence-corrected chi connectivity index (χ1v) is 9.83. The quantitative estimate of drug-likeness (QED) is 0.670. The van der Waals surface area contributed by atoms with E-state index in [1.165, 1.54) is 18.4 Å². The van der Waals surface area contributed by atoms with Gasteiger partial charge < -0.3 is 10.2 Å². The third-order valence-electron chi connectivity index (χ3n) is 4.58. The van der Waals surface area contributed by atoms with Gasteiger partial charge in [-0.05, 0) is 43.0 Å². The van der Waals surface area contributed by atoms with Crippen molar-refractivity contribution in [3.05, 3.63) is 65.9 Å². The van der Waals surface area contributed by atoms with Gasteiger partial charge in [-0.3, -0.25) is 0 Å². The Morgan fingerprint density at radius 3 is 2.62 bits per heavy atom. The molecule has 2 aromatic heterocycles. The number of hydrogen-bond donors (Lipinski definition) is 1. The summed E-state index contributed by atoms with van der Waals surface area (Å²) in [5.41, 5.74) is 4.44. The van der Waals surface area contributed by atoms with Gasteiger partial charge in [0.05, 0.1) is 5.69 Å². The molecule has 0 unspecified atom stereocenters. The van der Waals surface area contributed by atoms with Crippen LogP contribution in [0.4, 0.5) is 10.9 Å². The van der Waals surface area contributed by atoms with Gasteiger partial charge in [0.2, 0.25) is 0 Å². The van der Waals surface area contributed by atoms with Crippen LogP contribution in [0, 0.1) is 0 Å². The predicted octanol–water partition coefficient (Wildman–Crippen LogP) is 5.28. The average molecular weight is 363 g/mol. The molecule has 132 valence electrons. The van der Waals surface area contributed by atoms with Gasteiger partial charge in [0.1, 0.15) is 5.82 Å². The van der Waals surface area contributed by atoms with Gasteiger partial charge in [0.15, 0.2) is 5.13 Å². The normalized spacial score (nSPS) is 14.7. The number of benzene rings is 1. The fourth-order valence-corrected chi connectivity index (χ4v) is 3.97. The molecule has 1 saturated heterocycles. The second-order valence-corrected chi connectivity index (χ2v) is 7.32. The van der Waals surface area contributed by atoms with Crippen molar-refractivity contribution in [1.29, 1.82) is 0 Å². The maximum Gasteiger partial charge on any atom is 0.185 e. The van der Waals surface area contributed by atoms with E-state index in [1.807, 2.05) is 36.7 Å². The standard InChI is InChI=1S/C21H22N4S/c1-16(19-15-26-21(24-19)25-11-5-6-12-25)13-22-20-10-9-18(14-23-20)17-7-3-2-4-8-17/h2-4,7-10,13-15H,5-6,11-12H2,1H3,(H,22,23)/b16-13+. The van der Waals surface area contributed by atoms with E-state index < -0.39 is 0 Å². The Kier molecular flexibility index (Phi) is 4.97. The number of nitrogens with zero attached hydrogens (tertiary/aromatic N) is 3. The molecule has 0 radical (unpaired) electrons. The second kappa shape index (κ2) is 7.70. The van der Waals surface area contributed by atoms with Gasteiger partial charge in [-0.25, -0.2) is 9.97 Å². The molecule has 3 aromatic rings. The summed E-state index contributed by atoms with van der Waals surface area (Å²) in [6, 6.07) is 14.4. The Morgan fingerprint density at radius 2 is 1.88 bits per heavy atom. The van der Waals surface area contributed by atoms with Crippen molar-refractivity contribution < 1.29 is 0 Å². The molecule has 1 N–H and O–H groups in total. The SMILES string of the molecule is C/C(=C\Nc1ccc(-c2ccccc2)cn1)c1csc(N2CCCC2)n1. The Labute approximate surface area is 158 Å². The zero-order chi connectivity index (χ0) is 17.8. The van der Waals surface area contributed by atoms with Crippen molar-refractivity contribution in [1.82, 2.24) is 9.97 Å². The van der Waals surface area contributed by atoms with Crippen molar-refractivity contribution in [2.45, 2.75) is 19.8 Å². The Hall–Kier alpha value is -2.66. The molecule has 4 rings (SSSR count). The highest BCUT2D eigenvalue weighted by atomic mass is 32.1. The van der Waals surface area contributed by atoms with E-state index in [0.717, 1.165) is 40.9 Å². The number of nitrogens with one attached hydrogen (secondary N) is 1. The molecule has 4 nitrogen and oxygen atoms in total. The summed E-state index contributed by atoms with van der Waals surface area (Å²) >= 11 is 1.73. The number of allylic oxidation sites excluding steroid dienone is 1. The monoisotopic (exact) mass is 362 g/mol. The molecule has 1 aromatic carbocycles. The Morgan fingerprint density at radius 1 is 1.08 bits per heavy atom. The van der Waals surface area contributed by atoms with E-state index in [-0.39, 0.29) is 0 Å². The van der Waals surface area contributed by atoms with Crippen molar-refractivity contribution in [2.75, 3.05) is 23.3 Å². The number of hydrogen-bond acceptors (Lipinski definition) is 5. The summed E-state index contributed by atoms with van der Waals surface area (Å²) in [5, 5.41) is 6.55. The second-order valence-electron chi connectivity index (χ2n) is 6.48. The van der Waals surface area contributed by atoms with Crippen molar-refractivity contribution in [2.24, 2.45) is 0 Å². The lowest BCUT2D eigenvalue weighted by molar-refractivity contribution is 0.949. The first-order chi connectivity index (χ1) is 12.8. The Bertz CT molecular complexity index is 878. The number of aromatic nitrogens is 2. The van der Waals surface area contributed by atoms with Crippen LogP contribution in [-0.2, 0) is 0 Å². The maximum atomic E-state index is 4.77. The van der Waals surface area contributed by atoms with Gasteiger partial charge in [-0.15, -0.1) is 11.3 Å². The van der Waals surface area contributed by atoms with E-state index in [4.69, 9.17) is 4.98 Å². The van der Waals surface area contributed by atoms with E-state index >= 15 is 0 Å². The fourth-order valence-electron chi connectivity index (χ4n) is 3.04. The summed E-state index contributed by atoms with van der Waals surface area (Å²) in [4.78, 5) is 11.7. The minimum atomic E-state index is 0.832. The highest BCUT2D eigenvalue weighted by Crippen LogP contribution is 2.27. The lowest BCUT2D eigenvalue weighted by Crippen LogP contribution is -2.17. The summed E-state index contributed by atoms with van der Waals surface area (Å²) in [5.74, 6) is 0.832. The molecule has 1 aliphatic rings. The number of thiazole rings is 1. The number of rotatable bonds is 5. The van der Waals surface area contributed by atoms with Crippen LogP contribution in [0.25, 0.3) is 16.7 Å². The molecule has 0 amide bonds. The first-order valence-electron chi connectivity index (χ1n) is 8.95. The molecular formula is C21H22N4S. The van der Waals surface area contributed by atoms with Crippen LogP contribution >= 0.6 is 11.3 Å². The fraction of sp³-hybridized carbons (Fsp3) is 0.238. The third-order valence-corrected chi connectivity index (χ3v) is 5.48. The third kappa shape index (κ3) is 3.78. The molecule has 5 heteroatoms. The van der Waals surface area contributed by atoms with Gasteiger partial charge in [0.25, 0.3) is 0 Å². The van der Waals surface area contributed by atoms with E-state index in [9.17, 15) is 0 Å². The summed E-state index contributed by atoms with van der Waals surface area (Å²) in [7, 11) is 0. The van der Waals surface area contributed by atoms with Crippen LogP contribution in [0.1, 0.15) is 25.5 Å². The molecule has 0 bridgehead atoms. The van der Waals surface area contributed by atoms with Crippen LogP contribution in [0.15, 0.2) is 60.2 Å². The largest absolute Gasteiger partial charge is 0.348 e. The summed E-state index contributed by atoms with van der Waals surface area (Å²) in [6.07, 6.45) is 6.42. The molecular weight excluding hydrogens is 340 g/mol. The molecule has 26 heavy (non-hydrogen) atoms. The van der Waals surface area contributed by atoms with E-state index in [1.54, 1.807) is 11.3 Å². The zero-order valence-corrected chi connectivity index (χ0v) is 15.7. The van der Waals surface area contributed by atoms with Crippen molar-refractivity contribution in [3.63, 3.8) is 0 Å². The van der Waals surface area contributed by atoms with E-state index in [2.05, 4.69) is 45.7 Å². The van der Waals surface area contributed by atoms with Crippen molar-refractivity contribution >= 4 is 27.9 Å². The minimum absolute atomic E-state index is 0.832. The smallest absolute Gasteiger partial charge is 0.185 e. The van der Waals surface area contributed by atoms with Crippen LogP contribution in [0.5, 0.6) is 0 Å². The van der Waals surface area contributed by atoms with Crippen LogP contribution in [0.2, 0.25) is 0 Å². The van der Waals surface area contributed by atoms with Gasteiger partial charge in [-0.2, -0.15) is 0 Å². The molecule has 0 atom stereocenters. The molecule has 1 aliphatic heterocycles. The molecule has 3 heterocycles. The van der Waals surface area contributed by atoms with E-state index in [0.29, 0.717) is 0 Å². The molecule has 0 aliphatic carbocycles. The predicted molar refractivity (Wildman–Crippen MR) is 111 cm³/mol. The Balaban J connectivity index is 1.42. The maximum absolute atomic E-state index is 4.77. The number of pyridine rings is 1. The van der Waals surface area contributed by atoms with Gasteiger partial charge in [0, 0.05) is 36.4 Å². The molecule has 0 saturated carbocycles. The van der Waals surface area contributed by atoms with Crippen LogP contribution in [0.3, 0.4) is 0 Å². The highest BCUT2D eigenvalue weighted by molar-refractivity contribution is 7.13. The summed E-state index contributed by atoms with van der Waals surface area (Å²) in [6.45, 7) is 4.34. The topological polar surface area (TPSA) is 41.1 Å². The zero-order valence-electron chi connectivity index (χ0n) is 14.9. The van der Waals surface area contributed by atoms with Gasteiger partial charge >= 0.3 is 0 Å². The average Bonchev–Trinajstić information content (AvgIpc) is 3.39. The highest BCUT2D eigenvalue weighted by Gasteiger charge is 2.15. The van der Waals surface area contributed by atoms with Crippen LogP contribution < -0.4 is 10.2 Å². The van der Waals surface area contributed by atoms with Crippen molar-refractivity contribution in [3.8, 4) is 11.1 Å². The summed E-state index contributed by atoms with van der Waals surface area (Å²) < 4.78 is 0. The lowest BCUT2D eigenvalue weighted by atomic mass is 10.1.